The van der Waals surface area contributed by atoms with E-state index in [1.54, 1.807) is 12.1 Å². The predicted octanol–water partition coefficient (Wildman–Crippen LogP) is 5.75. The van der Waals surface area contributed by atoms with Gasteiger partial charge in [-0.25, -0.2) is 9.07 Å². The lowest BCUT2D eigenvalue weighted by Crippen LogP contribution is -2.43. The van der Waals surface area contributed by atoms with E-state index in [1.165, 1.54) is 28.8 Å². The molecule has 3 aromatic rings. The van der Waals surface area contributed by atoms with Crippen LogP contribution in [-0.2, 0) is 12.8 Å². The van der Waals surface area contributed by atoms with Crippen LogP contribution in [0.1, 0.15) is 49.4 Å². The van der Waals surface area contributed by atoms with E-state index < -0.39 is 0 Å². The summed E-state index contributed by atoms with van der Waals surface area (Å²) >= 11 is 0. The predicted molar refractivity (Wildman–Crippen MR) is 121 cm³/mol. The molecule has 160 valence electrons. The van der Waals surface area contributed by atoms with Crippen molar-refractivity contribution >= 4 is 6.08 Å². The summed E-state index contributed by atoms with van der Waals surface area (Å²) in [5, 5.41) is 15.8. The van der Waals surface area contributed by atoms with Crippen molar-refractivity contribution < 1.29 is 9.50 Å². The maximum absolute atomic E-state index is 13.4. The standard InChI is InChI=1S/C27H29FN2O/c1-27-17-20-18-29-30(23-13-11-22(28)12-14-23)25(20)16-21(27)8-5-9-24(27)26(31)15-10-19-6-3-2-4-7-19/h2-4,6-7,11-14,16,18,24,26,31H,5,8-10,15,17H2,1H3/t24-,26+,27+/m1/s1. The first-order valence-electron chi connectivity index (χ1n) is 11.3. The van der Waals surface area contributed by atoms with Crippen molar-refractivity contribution in [2.24, 2.45) is 11.3 Å². The number of hydrogen-bond acceptors (Lipinski definition) is 2. The molecule has 0 unspecified atom stereocenters. The van der Waals surface area contributed by atoms with Crippen molar-refractivity contribution in [3.63, 3.8) is 0 Å². The van der Waals surface area contributed by atoms with Gasteiger partial charge >= 0.3 is 0 Å². The molecular weight excluding hydrogens is 387 g/mol. The summed E-state index contributed by atoms with van der Waals surface area (Å²) in [4.78, 5) is 0. The summed E-state index contributed by atoms with van der Waals surface area (Å²) in [5.74, 6) is 0.00819. The average Bonchev–Trinajstić information content (AvgIpc) is 3.18. The zero-order valence-electron chi connectivity index (χ0n) is 18.0. The number of aromatic nitrogens is 2. The number of fused-ring (bicyclic) bond motifs is 2. The topological polar surface area (TPSA) is 38.0 Å². The van der Waals surface area contributed by atoms with E-state index in [0.717, 1.165) is 49.9 Å². The highest BCUT2D eigenvalue weighted by molar-refractivity contribution is 5.61. The Bertz CT molecular complexity index is 1090. The quantitative estimate of drug-likeness (QED) is 0.575. The van der Waals surface area contributed by atoms with Crippen LogP contribution in [0.15, 0.2) is 66.4 Å². The van der Waals surface area contributed by atoms with Crippen LogP contribution < -0.4 is 0 Å². The van der Waals surface area contributed by atoms with E-state index in [-0.39, 0.29) is 23.3 Å². The molecular formula is C27H29FN2O. The molecule has 0 bridgehead atoms. The molecule has 2 aliphatic rings. The maximum Gasteiger partial charge on any atom is 0.123 e. The summed E-state index contributed by atoms with van der Waals surface area (Å²) in [5.41, 5.74) is 5.83. The number of rotatable bonds is 5. The zero-order chi connectivity index (χ0) is 21.4. The normalized spacial score (nSPS) is 23.6. The second kappa shape index (κ2) is 8.08. The Morgan fingerprint density at radius 2 is 1.94 bits per heavy atom. The average molecular weight is 417 g/mol. The molecule has 1 saturated carbocycles. The smallest absolute Gasteiger partial charge is 0.123 e. The first kappa shape index (κ1) is 20.2. The van der Waals surface area contributed by atoms with E-state index in [0.29, 0.717) is 0 Å². The first-order valence-corrected chi connectivity index (χ1v) is 11.3. The third-order valence-electron chi connectivity index (χ3n) is 7.38. The molecule has 3 atom stereocenters. The lowest BCUT2D eigenvalue weighted by Gasteiger charge is -2.47. The fourth-order valence-electron chi connectivity index (χ4n) is 5.64. The molecule has 4 heteroatoms. The van der Waals surface area contributed by atoms with Gasteiger partial charge in [0.25, 0.3) is 0 Å². The second-order valence-corrected chi connectivity index (χ2v) is 9.30. The molecule has 1 fully saturated rings. The van der Waals surface area contributed by atoms with Gasteiger partial charge in [0.05, 0.1) is 23.7 Å². The van der Waals surface area contributed by atoms with Crippen LogP contribution in [0.5, 0.6) is 0 Å². The molecule has 0 amide bonds. The van der Waals surface area contributed by atoms with E-state index in [1.807, 2.05) is 16.9 Å². The number of hydrogen-bond donors (Lipinski definition) is 1. The Morgan fingerprint density at radius 1 is 1.16 bits per heavy atom. The van der Waals surface area contributed by atoms with Crippen molar-refractivity contribution in [1.29, 1.82) is 0 Å². The minimum atomic E-state index is -0.317. The molecule has 5 rings (SSSR count). The molecule has 2 aromatic carbocycles. The van der Waals surface area contributed by atoms with E-state index in [9.17, 15) is 9.50 Å². The number of benzene rings is 2. The number of halogens is 1. The van der Waals surface area contributed by atoms with Crippen molar-refractivity contribution in [3.8, 4) is 5.69 Å². The van der Waals surface area contributed by atoms with Crippen molar-refractivity contribution in [2.75, 3.05) is 0 Å². The third-order valence-corrected chi connectivity index (χ3v) is 7.38. The van der Waals surface area contributed by atoms with Gasteiger partial charge in [0.1, 0.15) is 5.82 Å². The van der Waals surface area contributed by atoms with E-state index in [2.05, 4.69) is 42.4 Å². The summed E-state index contributed by atoms with van der Waals surface area (Å²) in [6, 6.07) is 16.9. The number of allylic oxidation sites excluding steroid dienone is 1. The van der Waals surface area contributed by atoms with Crippen LogP contribution in [0.25, 0.3) is 11.8 Å². The van der Waals surface area contributed by atoms with Crippen LogP contribution >= 0.6 is 0 Å². The van der Waals surface area contributed by atoms with Crippen LogP contribution in [0.3, 0.4) is 0 Å². The number of aliphatic hydroxyl groups excluding tert-OH is 1. The molecule has 3 nitrogen and oxygen atoms in total. The first-order chi connectivity index (χ1) is 15.0. The van der Waals surface area contributed by atoms with Crippen molar-refractivity contribution in [2.45, 2.75) is 51.6 Å². The van der Waals surface area contributed by atoms with Crippen molar-refractivity contribution in [1.82, 2.24) is 9.78 Å². The monoisotopic (exact) mass is 416 g/mol. The molecule has 0 aliphatic heterocycles. The van der Waals surface area contributed by atoms with E-state index in [4.69, 9.17) is 0 Å². The molecule has 2 aliphatic carbocycles. The fraction of sp³-hybridized carbons (Fsp3) is 0.370. The SMILES string of the molecule is C[C@]12Cc3cnn(-c4ccc(F)cc4)c3C=C1CCC[C@@H]2[C@@H](O)CCc1ccccc1. The fourth-order valence-corrected chi connectivity index (χ4v) is 5.64. The largest absolute Gasteiger partial charge is 0.393 e. The van der Waals surface area contributed by atoms with Gasteiger partial charge in [0.2, 0.25) is 0 Å². The molecule has 1 heterocycles. The van der Waals surface area contributed by atoms with Gasteiger partial charge in [-0.3, -0.25) is 0 Å². The molecule has 0 saturated heterocycles. The van der Waals surface area contributed by atoms with Crippen LogP contribution in [-0.4, -0.2) is 21.0 Å². The Balaban J connectivity index is 1.40. The zero-order valence-corrected chi connectivity index (χ0v) is 18.0. The molecule has 0 spiro atoms. The Hall–Kier alpha value is -2.72. The number of aryl methyl sites for hydroxylation is 1. The lowest BCUT2D eigenvalue weighted by molar-refractivity contribution is 0.0180. The Kier molecular flexibility index (Phi) is 5.27. The summed E-state index contributed by atoms with van der Waals surface area (Å²) in [6.07, 6.45) is 9.72. The molecule has 0 radical (unpaired) electrons. The van der Waals surface area contributed by atoms with Crippen molar-refractivity contribution in [3.05, 3.63) is 89.0 Å². The van der Waals surface area contributed by atoms with Gasteiger partial charge in [-0.15, -0.1) is 0 Å². The maximum atomic E-state index is 13.4. The minimum Gasteiger partial charge on any atom is -0.393 e. The Morgan fingerprint density at radius 3 is 2.71 bits per heavy atom. The van der Waals surface area contributed by atoms with Gasteiger partial charge in [-0.2, -0.15) is 5.10 Å². The summed E-state index contributed by atoms with van der Waals surface area (Å²) in [7, 11) is 0. The van der Waals surface area contributed by atoms with Gasteiger partial charge in [0.15, 0.2) is 0 Å². The van der Waals surface area contributed by atoms with Gasteiger partial charge in [0, 0.05) is 0 Å². The van der Waals surface area contributed by atoms with Gasteiger partial charge in [-0.1, -0.05) is 42.8 Å². The molecule has 31 heavy (non-hydrogen) atoms. The highest BCUT2D eigenvalue weighted by Crippen LogP contribution is 2.52. The van der Waals surface area contributed by atoms with Gasteiger partial charge in [-0.05, 0) is 91.3 Å². The van der Waals surface area contributed by atoms with Crippen LogP contribution in [0.4, 0.5) is 4.39 Å². The number of aliphatic hydroxyl groups is 1. The summed E-state index contributed by atoms with van der Waals surface area (Å²) < 4.78 is 15.3. The highest BCUT2D eigenvalue weighted by atomic mass is 19.1. The van der Waals surface area contributed by atoms with E-state index >= 15 is 0 Å². The lowest BCUT2D eigenvalue weighted by atomic mass is 9.58. The summed E-state index contributed by atoms with van der Waals surface area (Å²) in [6.45, 7) is 2.33. The second-order valence-electron chi connectivity index (χ2n) is 9.30. The number of nitrogens with zero attached hydrogens (tertiary/aromatic N) is 2. The van der Waals surface area contributed by atoms with Crippen LogP contribution in [0.2, 0.25) is 0 Å². The third kappa shape index (κ3) is 3.74. The van der Waals surface area contributed by atoms with Crippen LogP contribution in [0, 0.1) is 17.2 Å². The van der Waals surface area contributed by atoms with Gasteiger partial charge < -0.3 is 5.11 Å². The highest BCUT2D eigenvalue weighted by Gasteiger charge is 2.45. The molecule has 1 N–H and O–H groups in total. The minimum absolute atomic E-state index is 0.0436. The Labute approximate surface area is 183 Å². The molecule has 1 aromatic heterocycles.